The number of para-hydroxylation sites is 1. The average Bonchev–Trinajstić information content (AvgIpc) is 3.25. The van der Waals surface area contributed by atoms with Gasteiger partial charge in [-0.25, -0.2) is 9.36 Å². The molecule has 0 saturated carbocycles. The lowest BCUT2D eigenvalue weighted by atomic mass is 10.2. The summed E-state index contributed by atoms with van der Waals surface area (Å²) in [6.07, 6.45) is 1.49. The molecule has 0 aliphatic heterocycles. The molecule has 25 heavy (non-hydrogen) atoms. The number of rotatable bonds is 4. The van der Waals surface area contributed by atoms with Crippen molar-refractivity contribution in [3.8, 4) is 5.69 Å². The van der Waals surface area contributed by atoms with Crippen LogP contribution in [0, 0.1) is 0 Å². The van der Waals surface area contributed by atoms with E-state index in [0.717, 1.165) is 5.69 Å². The molecule has 4 rings (SSSR count). The van der Waals surface area contributed by atoms with Crippen molar-refractivity contribution < 1.29 is 4.42 Å². The highest BCUT2D eigenvalue weighted by Crippen LogP contribution is 2.14. The third-order valence-electron chi connectivity index (χ3n) is 3.72. The van der Waals surface area contributed by atoms with Crippen molar-refractivity contribution in [3.63, 3.8) is 0 Å². The van der Waals surface area contributed by atoms with Gasteiger partial charge in [-0.1, -0.05) is 37.3 Å². The first kappa shape index (κ1) is 15.2. The van der Waals surface area contributed by atoms with Crippen LogP contribution in [-0.2, 0) is 6.54 Å². The molecule has 0 aliphatic carbocycles. The van der Waals surface area contributed by atoms with Gasteiger partial charge < -0.3 is 4.42 Å². The summed E-state index contributed by atoms with van der Waals surface area (Å²) in [6.45, 7) is 3.97. The first-order valence-electron chi connectivity index (χ1n) is 7.82. The van der Waals surface area contributed by atoms with Gasteiger partial charge in [-0.15, -0.1) is 15.3 Å². The van der Waals surface area contributed by atoms with E-state index < -0.39 is 0 Å². The van der Waals surface area contributed by atoms with Gasteiger partial charge in [0, 0.05) is 5.92 Å². The van der Waals surface area contributed by atoms with Gasteiger partial charge >= 0.3 is 0 Å². The van der Waals surface area contributed by atoms with Gasteiger partial charge in [0.05, 0.1) is 11.9 Å². The monoisotopic (exact) mass is 337 g/mol. The van der Waals surface area contributed by atoms with Crippen LogP contribution >= 0.6 is 0 Å². The highest BCUT2D eigenvalue weighted by molar-refractivity contribution is 5.74. The number of hydrogen-bond donors (Lipinski definition) is 0. The third-order valence-corrected chi connectivity index (χ3v) is 3.72. The van der Waals surface area contributed by atoms with Crippen LogP contribution in [0.15, 0.2) is 45.7 Å². The molecule has 0 N–H and O–H groups in total. The molecule has 9 nitrogen and oxygen atoms in total. The maximum absolute atomic E-state index is 12.6. The average molecular weight is 337 g/mol. The van der Waals surface area contributed by atoms with Crippen molar-refractivity contribution in [1.82, 2.24) is 35.0 Å². The van der Waals surface area contributed by atoms with Crippen molar-refractivity contribution in [3.05, 3.63) is 58.7 Å². The van der Waals surface area contributed by atoms with Crippen LogP contribution in [0.25, 0.3) is 16.7 Å². The molecule has 0 bridgehead atoms. The zero-order valence-corrected chi connectivity index (χ0v) is 13.7. The van der Waals surface area contributed by atoms with E-state index in [1.54, 1.807) is 4.68 Å². The standard InChI is InChI=1S/C16H15N7O2/c1-10(2)15-20-18-13(25-15)9-22-16(24)12-8-17-23(14(12)19-21-22)11-6-4-3-5-7-11/h3-8,10H,9H2,1-2H3. The van der Waals surface area contributed by atoms with Gasteiger partial charge in [-0.3, -0.25) is 4.79 Å². The molecule has 126 valence electrons. The van der Waals surface area contributed by atoms with Gasteiger partial charge in [-0.2, -0.15) is 5.10 Å². The van der Waals surface area contributed by atoms with Gasteiger partial charge in [0.25, 0.3) is 5.56 Å². The smallest absolute Gasteiger partial charge is 0.281 e. The van der Waals surface area contributed by atoms with Crippen molar-refractivity contribution >= 4 is 11.0 Å². The predicted molar refractivity (Wildman–Crippen MR) is 88.4 cm³/mol. The lowest BCUT2D eigenvalue weighted by Crippen LogP contribution is -2.25. The van der Waals surface area contributed by atoms with Crippen LogP contribution in [0.1, 0.15) is 31.5 Å². The second-order valence-electron chi connectivity index (χ2n) is 5.87. The first-order chi connectivity index (χ1) is 12.1. The van der Waals surface area contributed by atoms with Crippen LogP contribution < -0.4 is 5.56 Å². The summed E-state index contributed by atoms with van der Waals surface area (Å²) in [4.78, 5) is 12.6. The summed E-state index contributed by atoms with van der Waals surface area (Å²) >= 11 is 0. The summed E-state index contributed by atoms with van der Waals surface area (Å²) in [5.41, 5.74) is 0.903. The number of benzene rings is 1. The number of nitrogens with zero attached hydrogens (tertiary/aromatic N) is 7. The van der Waals surface area contributed by atoms with E-state index in [9.17, 15) is 4.79 Å². The quantitative estimate of drug-likeness (QED) is 0.556. The topological polar surface area (TPSA) is 105 Å². The number of aromatic nitrogens is 7. The van der Waals surface area contributed by atoms with Crippen LogP contribution in [0.3, 0.4) is 0 Å². The van der Waals surface area contributed by atoms with Crippen LogP contribution in [0.2, 0.25) is 0 Å². The molecule has 3 aromatic heterocycles. The predicted octanol–water partition coefficient (Wildman–Crippen LogP) is 1.53. The second kappa shape index (κ2) is 5.93. The summed E-state index contributed by atoms with van der Waals surface area (Å²) in [7, 11) is 0. The lowest BCUT2D eigenvalue weighted by molar-refractivity contribution is 0.408. The Labute approximate surface area is 141 Å². The lowest BCUT2D eigenvalue weighted by Gasteiger charge is -2.03. The highest BCUT2D eigenvalue weighted by Gasteiger charge is 2.15. The molecule has 0 amide bonds. The maximum atomic E-state index is 12.6. The van der Waals surface area contributed by atoms with Crippen molar-refractivity contribution in [2.24, 2.45) is 0 Å². The van der Waals surface area contributed by atoms with Gasteiger partial charge in [-0.05, 0) is 12.1 Å². The van der Waals surface area contributed by atoms with Crippen LogP contribution in [-0.4, -0.2) is 35.0 Å². The van der Waals surface area contributed by atoms with E-state index >= 15 is 0 Å². The summed E-state index contributed by atoms with van der Waals surface area (Å²) in [5.74, 6) is 0.958. The largest absolute Gasteiger partial charge is 0.423 e. The number of fused-ring (bicyclic) bond motifs is 1. The van der Waals surface area contributed by atoms with E-state index in [4.69, 9.17) is 4.42 Å². The number of hydrogen-bond acceptors (Lipinski definition) is 7. The van der Waals surface area contributed by atoms with E-state index in [2.05, 4.69) is 25.6 Å². The van der Waals surface area contributed by atoms with Crippen molar-refractivity contribution in [2.45, 2.75) is 26.3 Å². The Bertz CT molecular complexity index is 1080. The Hall–Kier alpha value is -3.36. The molecule has 0 atom stereocenters. The molecule has 1 aromatic carbocycles. The minimum Gasteiger partial charge on any atom is -0.423 e. The van der Waals surface area contributed by atoms with E-state index in [-0.39, 0.29) is 18.0 Å². The van der Waals surface area contributed by atoms with Gasteiger partial charge in [0.15, 0.2) is 5.65 Å². The Kier molecular flexibility index (Phi) is 3.60. The summed E-state index contributed by atoms with van der Waals surface area (Å²) in [6, 6.07) is 9.44. The molecule has 0 unspecified atom stereocenters. The Morgan fingerprint density at radius 3 is 2.64 bits per heavy atom. The Morgan fingerprint density at radius 2 is 1.92 bits per heavy atom. The fourth-order valence-electron chi connectivity index (χ4n) is 2.42. The minimum atomic E-state index is -0.309. The zero-order chi connectivity index (χ0) is 17.4. The molecule has 0 radical (unpaired) electrons. The zero-order valence-electron chi connectivity index (χ0n) is 13.7. The van der Waals surface area contributed by atoms with E-state index in [1.165, 1.54) is 10.9 Å². The fourth-order valence-corrected chi connectivity index (χ4v) is 2.42. The highest BCUT2D eigenvalue weighted by atomic mass is 16.4. The summed E-state index contributed by atoms with van der Waals surface area (Å²) in [5, 5.41) is 20.6. The van der Waals surface area contributed by atoms with Crippen molar-refractivity contribution in [1.29, 1.82) is 0 Å². The minimum absolute atomic E-state index is 0.0675. The molecule has 9 heteroatoms. The van der Waals surface area contributed by atoms with E-state index in [1.807, 2.05) is 44.2 Å². The Balaban J connectivity index is 1.72. The van der Waals surface area contributed by atoms with Gasteiger partial charge in [0.1, 0.15) is 11.9 Å². The SMILES string of the molecule is CC(C)c1nnc(Cn2nnc3c(cnn3-c3ccccc3)c2=O)o1. The molecule has 0 saturated heterocycles. The first-order valence-corrected chi connectivity index (χ1v) is 7.82. The fraction of sp³-hybridized carbons (Fsp3) is 0.250. The van der Waals surface area contributed by atoms with E-state index in [0.29, 0.717) is 22.8 Å². The molecule has 0 fully saturated rings. The molecule has 4 aromatic rings. The van der Waals surface area contributed by atoms with Crippen LogP contribution in [0.5, 0.6) is 0 Å². The Morgan fingerprint density at radius 1 is 1.12 bits per heavy atom. The van der Waals surface area contributed by atoms with Gasteiger partial charge in [0.2, 0.25) is 11.8 Å². The third kappa shape index (κ3) is 2.69. The second-order valence-corrected chi connectivity index (χ2v) is 5.87. The normalized spacial score (nSPS) is 11.5. The molecular formula is C16H15N7O2. The summed E-state index contributed by atoms with van der Waals surface area (Å²) < 4.78 is 8.29. The molecular weight excluding hydrogens is 322 g/mol. The maximum Gasteiger partial charge on any atom is 0.281 e. The van der Waals surface area contributed by atoms with Crippen molar-refractivity contribution in [2.75, 3.05) is 0 Å². The molecule has 3 heterocycles. The molecule has 0 spiro atoms. The van der Waals surface area contributed by atoms with Crippen LogP contribution in [0.4, 0.5) is 0 Å². The molecule has 0 aliphatic rings.